The van der Waals surface area contributed by atoms with E-state index in [4.69, 9.17) is 4.98 Å². The first kappa shape index (κ1) is 20.2. The Morgan fingerprint density at radius 1 is 1.14 bits per heavy atom. The van der Waals surface area contributed by atoms with E-state index in [2.05, 4.69) is 29.6 Å². The number of imidazole rings is 1. The van der Waals surface area contributed by atoms with Gasteiger partial charge in [-0.2, -0.15) is 5.10 Å². The normalized spacial score (nSPS) is 25.8. The molecule has 29 heavy (non-hydrogen) atoms. The lowest BCUT2D eigenvalue weighted by Gasteiger charge is -2.33. The standard InChI is InChI=1S/C23H35N5O/c1-16(2)18-5-7-19(8-6-18)23-22(20-9-11-25-27(20)4)24-15-28(23)14-17-10-12-26(3)21(29)13-17/h9,11,15-19H,5-8,10,12-14H2,1-4H3. The van der Waals surface area contributed by atoms with E-state index >= 15 is 0 Å². The summed E-state index contributed by atoms with van der Waals surface area (Å²) in [7, 11) is 3.90. The number of piperidine rings is 1. The summed E-state index contributed by atoms with van der Waals surface area (Å²) in [6, 6.07) is 2.06. The van der Waals surface area contributed by atoms with Crippen LogP contribution in [-0.2, 0) is 18.4 Å². The van der Waals surface area contributed by atoms with Gasteiger partial charge in [0.1, 0.15) is 5.69 Å². The number of hydrogen-bond donors (Lipinski definition) is 0. The third-order valence-electron chi connectivity index (χ3n) is 7.26. The number of carbonyl (C=O) groups is 1. The molecular formula is C23H35N5O. The minimum Gasteiger partial charge on any atom is -0.346 e. The first-order valence-corrected chi connectivity index (χ1v) is 11.2. The molecule has 0 N–H and O–H groups in total. The number of aromatic nitrogens is 4. The minimum absolute atomic E-state index is 0.271. The maximum Gasteiger partial charge on any atom is 0.222 e. The Balaban J connectivity index is 1.61. The molecule has 1 amide bonds. The van der Waals surface area contributed by atoms with Crippen molar-refractivity contribution in [1.29, 1.82) is 0 Å². The van der Waals surface area contributed by atoms with Crippen molar-refractivity contribution in [1.82, 2.24) is 24.2 Å². The molecule has 1 atom stereocenters. The molecule has 6 heteroatoms. The van der Waals surface area contributed by atoms with Crippen molar-refractivity contribution in [2.24, 2.45) is 24.8 Å². The van der Waals surface area contributed by atoms with Gasteiger partial charge >= 0.3 is 0 Å². The highest BCUT2D eigenvalue weighted by Crippen LogP contribution is 2.42. The van der Waals surface area contributed by atoms with E-state index in [1.807, 2.05) is 36.2 Å². The highest BCUT2D eigenvalue weighted by Gasteiger charge is 2.31. The van der Waals surface area contributed by atoms with Gasteiger partial charge in [-0.1, -0.05) is 13.8 Å². The predicted molar refractivity (Wildman–Crippen MR) is 114 cm³/mol. The highest BCUT2D eigenvalue weighted by molar-refractivity contribution is 5.76. The summed E-state index contributed by atoms with van der Waals surface area (Å²) in [4.78, 5) is 18.9. The Morgan fingerprint density at radius 3 is 2.52 bits per heavy atom. The van der Waals surface area contributed by atoms with Crippen LogP contribution in [0.2, 0.25) is 0 Å². The lowest BCUT2D eigenvalue weighted by Crippen LogP contribution is -2.37. The van der Waals surface area contributed by atoms with Crippen LogP contribution in [0.5, 0.6) is 0 Å². The smallest absolute Gasteiger partial charge is 0.222 e. The van der Waals surface area contributed by atoms with Gasteiger partial charge in [0.25, 0.3) is 0 Å². The molecule has 2 aromatic heterocycles. The molecule has 1 unspecified atom stereocenters. The number of carbonyl (C=O) groups excluding carboxylic acids is 1. The van der Waals surface area contributed by atoms with Crippen LogP contribution in [0, 0.1) is 17.8 Å². The Hall–Kier alpha value is -2.11. The van der Waals surface area contributed by atoms with Crippen molar-refractivity contribution in [3.8, 4) is 11.4 Å². The number of aryl methyl sites for hydroxylation is 1. The first-order valence-electron chi connectivity index (χ1n) is 11.2. The molecule has 1 saturated carbocycles. The Kier molecular flexibility index (Phi) is 5.79. The van der Waals surface area contributed by atoms with Crippen LogP contribution < -0.4 is 0 Å². The van der Waals surface area contributed by atoms with Crippen molar-refractivity contribution in [3.63, 3.8) is 0 Å². The van der Waals surface area contributed by atoms with Gasteiger partial charge in [-0.05, 0) is 55.9 Å². The van der Waals surface area contributed by atoms with E-state index in [9.17, 15) is 4.79 Å². The molecular weight excluding hydrogens is 362 g/mol. The van der Waals surface area contributed by atoms with Gasteiger partial charge in [0.05, 0.1) is 12.0 Å². The molecule has 2 fully saturated rings. The maximum atomic E-state index is 12.2. The molecule has 6 nitrogen and oxygen atoms in total. The molecule has 0 bridgehead atoms. The SMILES string of the molecule is CC(C)C1CCC(c2c(-c3ccnn3C)ncn2CC2CCN(C)C(=O)C2)CC1. The third kappa shape index (κ3) is 4.12. The molecule has 2 aromatic rings. The van der Waals surface area contributed by atoms with E-state index in [0.717, 1.165) is 42.7 Å². The van der Waals surface area contributed by atoms with E-state index in [-0.39, 0.29) is 5.91 Å². The average molecular weight is 398 g/mol. The zero-order valence-corrected chi connectivity index (χ0v) is 18.3. The van der Waals surface area contributed by atoms with Crippen molar-refractivity contribution in [2.75, 3.05) is 13.6 Å². The summed E-state index contributed by atoms with van der Waals surface area (Å²) in [5.74, 6) is 2.82. The summed E-state index contributed by atoms with van der Waals surface area (Å²) in [5.41, 5.74) is 3.53. The first-order chi connectivity index (χ1) is 13.9. The molecule has 0 radical (unpaired) electrons. The lowest BCUT2D eigenvalue weighted by molar-refractivity contribution is -0.133. The van der Waals surface area contributed by atoms with E-state index in [0.29, 0.717) is 18.3 Å². The molecule has 3 heterocycles. The fraction of sp³-hybridized carbons (Fsp3) is 0.696. The van der Waals surface area contributed by atoms with E-state index < -0.39 is 0 Å². The van der Waals surface area contributed by atoms with Crippen molar-refractivity contribution >= 4 is 5.91 Å². The second-order valence-electron chi connectivity index (χ2n) is 9.50. The van der Waals surface area contributed by atoms with Crippen LogP contribution in [0.4, 0.5) is 0 Å². The Morgan fingerprint density at radius 2 is 1.90 bits per heavy atom. The van der Waals surface area contributed by atoms with Crippen molar-refractivity contribution < 1.29 is 4.79 Å². The molecule has 2 aliphatic rings. The summed E-state index contributed by atoms with van der Waals surface area (Å²) < 4.78 is 4.29. The molecule has 4 rings (SSSR count). The molecule has 158 valence electrons. The molecule has 1 aliphatic heterocycles. The van der Waals surface area contributed by atoms with Gasteiger partial charge in [0.2, 0.25) is 5.91 Å². The summed E-state index contributed by atoms with van der Waals surface area (Å²) >= 11 is 0. The second kappa shape index (κ2) is 8.33. The van der Waals surface area contributed by atoms with Gasteiger partial charge < -0.3 is 9.47 Å². The van der Waals surface area contributed by atoms with Crippen LogP contribution in [-0.4, -0.2) is 43.7 Å². The summed E-state index contributed by atoms with van der Waals surface area (Å²) in [5, 5.41) is 4.37. The summed E-state index contributed by atoms with van der Waals surface area (Å²) in [6.07, 6.45) is 10.6. The highest BCUT2D eigenvalue weighted by atomic mass is 16.2. The molecule has 1 saturated heterocycles. The quantitative estimate of drug-likeness (QED) is 0.764. The van der Waals surface area contributed by atoms with Crippen molar-refractivity contribution in [2.45, 2.75) is 64.8 Å². The Labute approximate surface area is 174 Å². The topological polar surface area (TPSA) is 56.0 Å². The van der Waals surface area contributed by atoms with Gasteiger partial charge in [0.15, 0.2) is 0 Å². The maximum absolute atomic E-state index is 12.2. The average Bonchev–Trinajstić information content (AvgIpc) is 3.30. The van der Waals surface area contributed by atoms with E-state index in [1.54, 1.807) is 0 Å². The van der Waals surface area contributed by atoms with Crippen LogP contribution in [0.15, 0.2) is 18.6 Å². The fourth-order valence-electron chi connectivity index (χ4n) is 5.27. The largest absolute Gasteiger partial charge is 0.346 e. The second-order valence-corrected chi connectivity index (χ2v) is 9.50. The van der Waals surface area contributed by atoms with Crippen LogP contribution in [0.3, 0.4) is 0 Å². The fourth-order valence-corrected chi connectivity index (χ4v) is 5.27. The third-order valence-corrected chi connectivity index (χ3v) is 7.26. The van der Waals surface area contributed by atoms with Crippen LogP contribution >= 0.6 is 0 Å². The van der Waals surface area contributed by atoms with Crippen LogP contribution in [0.25, 0.3) is 11.4 Å². The van der Waals surface area contributed by atoms with E-state index in [1.165, 1.54) is 31.4 Å². The number of amides is 1. The number of hydrogen-bond acceptors (Lipinski definition) is 3. The molecule has 1 aliphatic carbocycles. The minimum atomic E-state index is 0.271. The Bertz CT molecular complexity index is 843. The van der Waals surface area contributed by atoms with Gasteiger partial charge in [-0.15, -0.1) is 0 Å². The van der Waals surface area contributed by atoms with Gasteiger partial charge in [-0.3, -0.25) is 9.48 Å². The van der Waals surface area contributed by atoms with Crippen LogP contribution in [0.1, 0.15) is 64.0 Å². The number of nitrogens with zero attached hydrogens (tertiary/aromatic N) is 5. The lowest BCUT2D eigenvalue weighted by atomic mass is 9.75. The molecule has 0 aromatic carbocycles. The number of rotatable bonds is 5. The predicted octanol–water partition coefficient (Wildman–Crippen LogP) is 4.08. The number of likely N-dealkylation sites (tertiary alicyclic amines) is 1. The zero-order valence-electron chi connectivity index (χ0n) is 18.3. The molecule has 0 spiro atoms. The zero-order chi connectivity index (χ0) is 20.5. The van der Waals surface area contributed by atoms with Gasteiger partial charge in [0, 0.05) is 51.4 Å². The summed E-state index contributed by atoms with van der Waals surface area (Å²) in [6.45, 7) is 6.46. The van der Waals surface area contributed by atoms with Crippen molar-refractivity contribution in [3.05, 3.63) is 24.3 Å². The van der Waals surface area contributed by atoms with Gasteiger partial charge in [-0.25, -0.2) is 4.98 Å². The monoisotopic (exact) mass is 397 g/mol.